The molecule has 1 heterocycles. The Morgan fingerprint density at radius 1 is 1.45 bits per heavy atom. The van der Waals surface area contributed by atoms with Crippen molar-refractivity contribution in [2.24, 2.45) is 0 Å². The van der Waals surface area contributed by atoms with Gasteiger partial charge in [0.05, 0.1) is 10.7 Å². The summed E-state index contributed by atoms with van der Waals surface area (Å²) in [5, 5.41) is 13.7. The molecule has 0 aliphatic carbocycles. The minimum absolute atomic E-state index is 0.0791. The third-order valence-corrected chi connectivity index (χ3v) is 3.29. The minimum Gasteiger partial charge on any atom is -0.476 e. The molecule has 1 aromatic heterocycles. The first kappa shape index (κ1) is 16.2. The molecule has 1 N–H and O–H groups in total. The van der Waals surface area contributed by atoms with Gasteiger partial charge in [-0.05, 0) is 40.2 Å². The predicted molar refractivity (Wildman–Crippen MR) is 84.2 cm³/mol. The Labute approximate surface area is 138 Å². The molecule has 0 aliphatic heterocycles. The highest BCUT2D eigenvalue weighted by Crippen LogP contribution is 2.26. The third kappa shape index (κ3) is 4.15. The molecule has 0 spiro atoms. The number of nitrogens with one attached hydrogen (secondary N) is 1. The van der Waals surface area contributed by atoms with Crippen LogP contribution in [-0.2, 0) is 4.79 Å². The highest BCUT2D eigenvalue weighted by molar-refractivity contribution is 9.10. The van der Waals surface area contributed by atoms with Crippen LogP contribution < -0.4 is 10.1 Å². The van der Waals surface area contributed by atoms with Gasteiger partial charge in [-0.2, -0.15) is 0 Å². The van der Waals surface area contributed by atoms with Crippen molar-refractivity contribution in [2.75, 3.05) is 11.9 Å². The molecule has 0 fully saturated rings. The molecule has 2 aromatic rings. The van der Waals surface area contributed by atoms with Gasteiger partial charge in [0, 0.05) is 4.47 Å². The molecule has 9 heteroatoms. The highest BCUT2D eigenvalue weighted by atomic mass is 79.9. The fraction of sp³-hybridized carbons (Fsp3) is 0.0769. The van der Waals surface area contributed by atoms with Crippen LogP contribution in [0, 0.1) is 10.1 Å². The molecule has 0 unspecified atom stereocenters. The Morgan fingerprint density at radius 3 is 2.91 bits per heavy atom. The normalized spacial score (nSPS) is 10.1. The van der Waals surface area contributed by atoms with Gasteiger partial charge in [0.25, 0.3) is 5.91 Å². The average molecular weight is 387 g/mol. The lowest BCUT2D eigenvalue weighted by atomic mass is 10.3. The van der Waals surface area contributed by atoms with Crippen molar-refractivity contribution in [3.8, 4) is 5.75 Å². The van der Waals surface area contributed by atoms with Gasteiger partial charge in [-0.15, -0.1) is 0 Å². The van der Waals surface area contributed by atoms with Crippen molar-refractivity contribution in [3.05, 3.63) is 56.1 Å². The van der Waals surface area contributed by atoms with E-state index in [2.05, 4.69) is 26.2 Å². The van der Waals surface area contributed by atoms with Crippen LogP contribution in [0.5, 0.6) is 5.75 Å². The topological polar surface area (TPSA) is 94.4 Å². The summed E-state index contributed by atoms with van der Waals surface area (Å²) in [5.74, 6) is -1.02. The summed E-state index contributed by atoms with van der Waals surface area (Å²) < 4.78 is 5.90. The van der Waals surface area contributed by atoms with Gasteiger partial charge in [0.2, 0.25) is 5.75 Å². The molecule has 22 heavy (non-hydrogen) atoms. The zero-order chi connectivity index (χ0) is 16.1. The van der Waals surface area contributed by atoms with E-state index in [1.807, 2.05) is 0 Å². The van der Waals surface area contributed by atoms with E-state index in [-0.39, 0.29) is 5.75 Å². The predicted octanol–water partition coefficient (Wildman–Crippen LogP) is 3.42. The first-order valence-electron chi connectivity index (χ1n) is 5.94. The summed E-state index contributed by atoms with van der Waals surface area (Å²) >= 11 is 9.23. The van der Waals surface area contributed by atoms with Gasteiger partial charge in [-0.3, -0.25) is 4.79 Å². The third-order valence-electron chi connectivity index (χ3n) is 2.49. The van der Waals surface area contributed by atoms with Crippen LogP contribution in [0.2, 0.25) is 5.02 Å². The number of hydrogen-bond acceptors (Lipinski definition) is 5. The minimum atomic E-state index is -0.682. The molecule has 0 atom stereocenters. The van der Waals surface area contributed by atoms with Crippen LogP contribution in [0.4, 0.5) is 11.5 Å². The molecule has 7 nitrogen and oxygen atoms in total. The zero-order valence-corrected chi connectivity index (χ0v) is 13.3. The second kappa shape index (κ2) is 7.19. The van der Waals surface area contributed by atoms with Crippen molar-refractivity contribution in [2.45, 2.75) is 0 Å². The molecular formula is C13H9BrClN3O4. The Hall–Kier alpha value is -2.19. The molecule has 1 amide bonds. The number of hydrogen-bond donors (Lipinski definition) is 1. The van der Waals surface area contributed by atoms with Crippen LogP contribution in [0.15, 0.2) is 41.0 Å². The zero-order valence-electron chi connectivity index (χ0n) is 11.0. The smallest absolute Gasteiger partial charge is 0.406 e. The van der Waals surface area contributed by atoms with Crippen LogP contribution in [-0.4, -0.2) is 22.4 Å². The molecule has 0 aliphatic rings. The number of nitrogens with zero attached hydrogens (tertiary/aromatic N) is 2. The van der Waals surface area contributed by atoms with Gasteiger partial charge in [-0.25, -0.2) is 0 Å². The maximum Gasteiger partial charge on any atom is 0.406 e. The van der Waals surface area contributed by atoms with Crippen LogP contribution in [0.1, 0.15) is 0 Å². The monoisotopic (exact) mass is 385 g/mol. The number of ether oxygens (including phenoxy) is 1. The van der Waals surface area contributed by atoms with E-state index in [1.54, 1.807) is 18.2 Å². The van der Waals surface area contributed by atoms with Crippen molar-refractivity contribution in [1.82, 2.24) is 4.98 Å². The average Bonchev–Trinajstić information content (AvgIpc) is 2.48. The van der Waals surface area contributed by atoms with E-state index in [9.17, 15) is 14.9 Å². The second-order valence-electron chi connectivity index (χ2n) is 4.04. The van der Waals surface area contributed by atoms with E-state index in [1.165, 1.54) is 18.3 Å². The van der Waals surface area contributed by atoms with Crippen LogP contribution >= 0.6 is 27.5 Å². The molecule has 0 radical (unpaired) electrons. The fourth-order valence-electron chi connectivity index (χ4n) is 1.55. The number of carbonyl (C=O) groups excluding carboxylic acids is 1. The number of anilines is 1. The summed E-state index contributed by atoms with van der Waals surface area (Å²) in [6, 6.07) is 7.81. The Morgan fingerprint density at radius 2 is 2.23 bits per heavy atom. The second-order valence-corrected chi connectivity index (χ2v) is 5.37. The molecule has 0 saturated heterocycles. The van der Waals surface area contributed by atoms with Gasteiger partial charge >= 0.3 is 5.82 Å². The van der Waals surface area contributed by atoms with E-state index in [0.717, 1.165) is 4.47 Å². The van der Waals surface area contributed by atoms with Crippen LogP contribution in [0.25, 0.3) is 0 Å². The lowest BCUT2D eigenvalue weighted by molar-refractivity contribution is -0.390. The molecule has 114 valence electrons. The largest absolute Gasteiger partial charge is 0.476 e. The maximum absolute atomic E-state index is 11.8. The quantitative estimate of drug-likeness (QED) is 0.627. The summed E-state index contributed by atoms with van der Waals surface area (Å²) in [4.78, 5) is 25.5. The first-order valence-corrected chi connectivity index (χ1v) is 7.11. The number of aromatic nitrogens is 1. The van der Waals surface area contributed by atoms with E-state index >= 15 is 0 Å². The van der Waals surface area contributed by atoms with Gasteiger partial charge in [0.15, 0.2) is 6.61 Å². The lowest BCUT2D eigenvalue weighted by Gasteiger charge is -2.09. The molecule has 2 rings (SSSR count). The number of benzene rings is 1. The van der Waals surface area contributed by atoms with Crippen molar-refractivity contribution in [3.63, 3.8) is 0 Å². The SMILES string of the molecule is O=C(COc1cccnc1[N+](=O)[O-])Nc1ccc(Br)cc1Cl. The summed E-state index contributed by atoms with van der Waals surface area (Å²) in [6.45, 7) is -0.404. The lowest BCUT2D eigenvalue weighted by Crippen LogP contribution is -2.20. The van der Waals surface area contributed by atoms with Crippen molar-refractivity contribution < 1.29 is 14.5 Å². The van der Waals surface area contributed by atoms with Crippen molar-refractivity contribution in [1.29, 1.82) is 0 Å². The Kier molecular flexibility index (Phi) is 5.29. The van der Waals surface area contributed by atoms with Gasteiger partial charge in [0.1, 0.15) is 6.20 Å². The summed E-state index contributed by atoms with van der Waals surface area (Å²) in [7, 11) is 0. The first-order chi connectivity index (χ1) is 10.5. The van der Waals surface area contributed by atoms with E-state index < -0.39 is 23.3 Å². The van der Waals surface area contributed by atoms with Crippen molar-refractivity contribution >= 4 is 44.9 Å². The number of amides is 1. The molecule has 0 saturated carbocycles. The summed E-state index contributed by atoms with van der Waals surface area (Å²) in [6.07, 6.45) is 1.27. The summed E-state index contributed by atoms with van der Waals surface area (Å²) in [5.41, 5.74) is 0.416. The van der Waals surface area contributed by atoms with Gasteiger partial charge < -0.3 is 20.2 Å². The standard InChI is InChI=1S/C13H9BrClN3O4/c14-8-3-4-10(9(15)6-8)17-12(19)7-22-11-2-1-5-16-13(11)18(20)21/h1-6H,7H2,(H,17,19). The van der Waals surface area contributed by atoms with E-state index in [4.69, 9.17) is 16.3 Å². The molecule has 1 aromatic carbocycles. The van der Waals surface area contributed by atoms with Gasteiger partial charge in [-0.1, -0.05) is 27.5 Å². The van der Waals surface area contributed by atoms with Crippen LogP contribution in [0.3, 0.4) is 0 Å². The number of carbonyl (C=O) groups is 1. The van der Waals surface area contributed by atoms with E-state index in [0.29, 0.717) is 10.7 Å². The molecular weight excluding hydrogens is 378 g/mol. The maximum atomic E-state index is 11.8. The molecule has 0 bridgehead atoms. The number of rotatable bonds is 5. The Bertz CT molecular complexity index is 726. The fourth-order valence-corrected chi connectivity index (χ4v) is 2.27. The Balaban J connectivity index is 2.00. The highest BCUT2D eigenvalue weighted by Gasteiger charge is 2.17. The number of nitro groups is 1. The number of pyridine rings is 1. The number of halogens is 2.